The van der Waals surface area contributed by atoms with Crippen molar-refractivity contribution in [3.05, 3.63) is 152 Å². The zero-order valence-electron chi connectivity index (χ0n) is 27.5. The number of fused-ring (bicyclic) bond motifs is 10. The molecule has 2 aliphatic rings. The quantitative estimate of drug-likeness (QED) is 0.169. The number of ether oxygens (including phenoxy) is 1. The molecule has 2 aromatic heterocycles. The number of para-hydroxylation sites is 2. The van der Waals surface area contributed by atoms with Crippen molar-refractivity contribution in [1.29, 1.82) is 0 Å². The van der Waals surface area contributed by atoms with Gasteiger partial charge in [0.2, 0.25) is 0 Å². The molecule has 0 saturated heterocycles. The van der Waals surface area contributed by atoms with Crippen molar-refractivity contribution in [3.8, 4) is 34.0 Å². The number of anilines is 3. The van der Waals surface area contributed by atoms with Crippen LogP contribution < -0.4 is 9.64 Å². The van der Waals surface area contributed by atoms with Crippen LogP contribution in [0.4, 0.5) is 17.2 Å². The molecular weight excluding hydrogens is 659 g/mol. The van der Waals surface area contributed by atoms with Gasteiger partial charge < -0.3 is 9.15 Å². The van der Waals surface area contributed by atoms with Gasteiger partial charge in [0.05, 0.1) is 26.7 Å². The van der Waals surface area contributed by atoms with Crippen LogP contribution in [0.2, 0.25) is 0 Å². The summed E-state index contributed by atoms with van der Waals surface area (Å²) in [6.45, 7) is 0. The lowest BCUT2D eigenvalue weighted by Gasteiger charge is -2.30. The van der Waals surface area contributed by atoms with Crippen LogP contribution >= 0.6 is 11.8 Å². The van der Waals surface area contributed by atoms with E-state index in [4.69, 9.17) is 19.1 Å². The zero-order chi connectivity index (χ0) is 33.9. The Balaban J connectivity index is 1.25. The maximum Gasteiger partial charge on any atom is 0.185 e. The normalized spacial score (nSPS) is 13.0. The van der Waals surface area contributed by atoms with Crippen LogP contribution in [-0.4, -0.2) is 9.97 Å². The van der Waals surface area contributed by atoms with Crippen molar-refractivity contribution in [2.24, 2.45) is 0 Å². The van der Waals surface area contributed by atoms with Gasteiger partial charge >= 0.3 is 0 Å². The van der Waals surface area contributed by atoms with E-state index in [-0.39, 0.29) is 0 Å². The number of nitrogens with zero attached hydrogens (tertiary/aromatic N) is 3. The minimum atomic E-state index is 0.672. The summed E-state index contributed by atoms with van der Waals surface area (Å²) in [5.74, 6) is 3.02. The molecule has 0 unspecified atom stereocenters. The standard InChI is InChI=1S/C46H25N3O2S/c1-2-13-27(14-3-1)45-47-40-28-15-5-4-12-26(28)24-25-33(40)46(48-45)49-34-20-8-6-16-29(34)30-18-10-19-32-38-31-17-7-9-22-36(31)50-41(38)42-44(39(30)32)52-43-35(49)21-11-23-37(43)51-42/h1-25H. The Hall–Kier alpha value is -6.63. The summed E-state index contributed by atoms with van der Waals surface area (Å²) in [5.41, 5.74) is 7.72. The topological polar surface area (TPSA) is 51.4 Å². The van der Waals surface area contributed by atoms with Crippen molar-refractivity contribution in [3.63, 3.8) is 0 Å². The summed E-state index contributed by atoms with van der Waals surface area (Å²) in [5, 5.41) is 7.63. The second-order valence-electron chi connectivity index (χ2n) is 13.3. The molecule has 52 heavy (non-hydrogen) atoms. The van der Waals surface area contributed by atoms with Crippen LogP contribution in [0.15, 0.2) is 166 Å². The summed E-state index contributed by atoms with van der Waals surface area (Å²) in [4.78, 5) is 15.1. The molecule has 0 amide bonds. The largest absolute Gasteiger partial charge is 0.452 e. The van der Waals surface area contributed by atoms with Crippen LogP contribution in [0.25, 0.3) is 76.9 Å². The number of benzene rings is 8. The molecule has 5 nitrogen and oxygen atoms in total. The van der Waals surface area contributed by atoms with Crippen molar-refractivity contribution in [2.45, 2.75) is 9.79 Å². The van der Waals surface area contributed by atoms with Crippen molar-refractivity contribution >= 4 is 83.3 Å². The number of rotatable bonds is 2. The molecule has 4 heterocycles. The molecule has 2 aliphatic heterocycles. The molecule has 8 aromatic carbocycles. The minimum absolute atomic E-state index is 0.672. The second-order valence-corrected chi connectivity index (χ2v) is 14.3. The third-order valence-corrected chi connectivity index (χ3v) is 11.6. The summed E-state index contributed by atoms with van der Waals surface area (Å²) in [6.07, 6.45) is 0. The predicted octanol–water partition coefficient (Wildman–Crippen LogP) is 13.2. The Labute approximate surface area is 301 Å². The molecule has 10 aromatic rings. The SMILES string of the molecule is c1ccc(-c2nc(N3c4ccccc4-c4cccc5c4c4c(c6oc7ccccc7c65)Oc5cccc3c5S4)c3ccc4ccccc4c3n2)cc1. The van der Waals surface area contributed by atoms with Gasteiger partial charge in [-0.25, -0.2) is 9.97 Å². The predicted molar refractivity (Wildman–Crippen MR) is 212 cm³/mol. The highest BCUT2D eigenvalue weighted by Crippen LogP contribution is 2.61. The molecule has 6 heteroatoms. The lowest BCUT2D eigenvalue weighted by Crippen LogP contribution is -2.15. The Bertz CT molecular complexity index is 3150. The van der Waals surface area contributed by atoms with E-state index < -0.39 is 0 Å². The Morgan fingerprint density at radius 1 is 0.519 bits per heavy atom. The maximum atomic E-state index is 7.00. The number of furan rings is 1. The zero-order valence-corrected chi connectivity index (χ0v) is 28.3. The van der Waals surface area contributed by atoms with E-state index in [1.165, 1.54) is 0 Å². The van der Waals surface area contributed by atoms with Crippen molar-refractivity contribution < 1.29 is 9.15 Å². The van der Waals surface area contributed by atoms with Crippen LogP contribution in [0.3, 0.4) is 0 Å². The molecule has 0 spiro atoms. The van der Waals surface area contributed by atoms with Crippen molar-refractivity contribution in [1.82, 2.24) is 9.97 Å². The molecule has 12 rings (SSSR count). The van der Waals surface area contributed by atoms with Gasteiger partial charge in [-0.15, -0.1) is 0 Å². The Morgan fingerprint density at radius 2 is 1.27 bits per heavy atom. The molecular formula is C46H25N3O2S. The van der Waals surface area contributed by atoms with Crippen LogP contribution in [0.5, 0.6) is 11.5 Å². The first-order valence-corrected chi connectivity index (χ1v) is 18.1. The number of hydrogen-bond acceptors (Lipinski definition) is 6. The highest BCUT2D eigenvalue weighted by Gasteiger charge is 2.34. The van der Waals surface area contributed by atoms with Crippen LogP contribution in [0, 0.1) is 0 Å². The number of hydrogen-bond donors (Lipinski definition) is 0. The smallest absolute Gasteiger partial charge is 0.185 e. The van der Waals surface area contributed by atoms with E-state index in [1.807, 2.05) is 30.3 Å². The highest BCUT2D eigenvalue weighted by atomic mass is 32.2. The molecule has 0 atom stereocenters. The molecule has 0 radical (unpaired) electrons. The first-order valence-electron chi connectivity index (χ1n) is 17.3. The average Bonchev–Trinajstić information content (AvgIpc) is 3.62. The fraction of sp³-hybridized carbons (Fsp3) is 0. The molecule has 242 valence electrons. The van der Waals surface area contributed by atoms with Gasteiger partial charge in [0.1, 0.15) is 17.2 Å². The third-order valence-electron chi connectivity index (χ3n) is 10.4. The molecule has 0 saturated carbocycles. The highest BCUT2D eigenvalue weighted by molar-refractivity contribution is 8.00. The van der Waals surface area contributed by atoms with E-state index in [0.29, 0.717) is 5.82 Å². The molecule has 0 fully saturated rings. The van der Waals surface area contributed by atoms with Crippen molar-refractivity contribution in [2.75, 3.05) is 4.90 Å². The van der Waals surface area contributed by atoms with Crippen LogP contribution in [-0.2, 0) is 0 Å². The van der Waals surface area contributed by atoms with Gasteiger partial charge in [-0.3, -0.25) is 4.90 Å². The monoisotopic (exact) mass is 683 g/mol. The first kappa shape index (κ1) is 28.1. The molecule has 2 bridgehead atoms. The van der Waals surface area contributed by atoms with Gasteiger partial charge in [0, 0.05) is 38.1 Å². The van der Waals surface area contributed by atoms with Gasteiger partial charge in [0.25, 0.3) is 0 Å². The summed E-state index contributed by atoms with van der Waals surface area (Å²) in [6, 6.07) is 53.0. The van der Waals surface area contributed by atoms with Gasteiger partial charge in [0.15, 0.2) is 17.2 Å². The van der Waals surface area contributed by atoms with E-state index in [2.05, 4.69) is 126 Å². The average molecular weight is 684 g/mol. The fourth-order valence-corrected chi connectivity index (χ4v) is 9.40. The Kier molecular flexibility index (Phi) is 5.65. The van der Waals surface area contributed by atoms with E-state index in [1.54, 1.807) is 11.8 Å². The summed E-state index contributed by atoms with van der Waals surface area (Å²) in [7, 11) is 0. The Morgan fingerprint density at radius 3 is 2.21 bits per heavy atom. The lowest BCUT2D eigenvalue weighted by atomic mass is 9.93. The van der Waals surface area contributed by atoms with Gasteiger partial charge in [-0.2, -0.15) is 0 Å². The number of aromatic nitrogens is 2. The lowest BCUT2D eigenvalue weighted by molar-refractivity contribution is 0.451. The first-order chi connectivity index (χ1) is 25.8. The third kappa shape index (κ3) is 3.79. The summed E-state index contributed by atoms with van der Waals surface area (Å²) < 4.78 is 13.6. The second kappa shape index (κ2) is 10.4. The van der Waals surface area contributed by atoms with E-state index in [9.17, 15) is 0 Å². The van der Waals surface area contributed by atoms with Gasteiger partial charge in [-0.05, 0) is 46.7 Å². The molecule has 0 N–H and O–H groups in total. The summed E-state index contributed by atoms with van der Waals surface area (Å²) >= 11 is 1.75. The minimum Gasteiger partial charge on any atom is -0.452 e. The molecule has 0 aliphatic carbocycles. The van der Waals surface area contributed by atoms with Crippen LogP contribution in [0.1, 0.15) is 0 Å². The van der Waals surface area contributed by atoms with Gasteiger partial charge in [-0.1, -0.05) is 133 Å². The van der Waals surface area contributed by atoms with E-state index >= 15 is 0 Å². The fourth-order valence-electron chi connectivity index (χ4n) is 8.17. The van der Waals surface area contributed by atoms with E-state index in [0.717, 1.165) is 110 Å². The maximum absolute atomic E-state index is 7.00.